The molecular weight excluding hydrogens is 349 g/mol. The number of carbonyl (C=O) groups is 1. The van der Waals surface area contributed by atoms with Crippen molar-refractivity contribution in [1.82, 2.24) is 19.9 Å². The quantitative estimate of drug-likeness (QED) is 0.750. The summed E-state index contributed by atoms with van der Waals surface area (Å²) < 4.78 is 43.5. The maximum atomic E-state index is 12.8. The van der Waals surface area contributed by atoms with Crippen LogP contribution in [0.4, 0.5) is 13.2 Å². The number of aromatic nitrogens is 2. The molecule has 0 saturated heterocycles. The zero-order valence-corrected chi connectivity index (χ0v) is 14.9. The van der Waals surface area contributed by atoms with Crippen LogP contribution >= 0.6 is 0 Å². The van der Waals surface area contributed by atoms with E-state index in [0.29, 0.717) is 13.1 Å². The smallest absolute Gasteiger partial charge is 0.342 e. The lowest BCUT2D eigenvalue weighted by molar-refractivity contribution is -0.137. The monoisotopic (exact) mass is 370 g/mol. The summed E-state index contributed by atoms with van der Waals surface area (Å²) in [5, 5.41) is 3.73. The van der Waals surface area contributed by atoms with Crippen molar-refractivity contribution in [2.24, 2.45) is 0 Å². The van der Waals surface area contributed by atoms with Gasteiger partial charge in [0.2, 0.25) is 17.6 Å². The Labute approximate surface area is 149 Å². The summed E-state index contributed by atoms with van der Waals surface area (Å²) in [4.78, 5) is 19.6. The standard InChI is InChI=1S/C17H21F3N4O2/c1-4-24(5-2)15(25)11-23(3)10-14-21-16(22-26-14)12-7-6-8-13(9-12)17(18,19)20/h6-9H,4-5,10-11H2,1-3H3. The van der Waals surface area contributed by atoms with Crippen LogP contribution in [0, 0.1) is 0 Å². The molecule has 0 radical (unpaired) electrons. The molecule has 0 saturated carbocycles. The van der Waals surface area contributed by atoms with Gasteiger partial charge in [0.15, 0.2) is 0 Å². The highest BCUT2D eigenvalue weighted by Gasteiger charge is 2.30. The molecule has 0 N–H and O–H groups in total. The molecule has 26 heavy (non-hydrogen) atoms. The van der Waals surface area contributed by atoms with E-state index < -0.39 is 11.7 Å². The zero-order valence-electron chi connectivity index (χ0n) is 14.9. The van der Waals surface area contributed by atoms with Crippen molar-refractivity contribution >= 4 is 5.91 Å². The van der Waals surface area contributed by atoms with Crippen molar-refractivity contribution in [2.45, 2.75) is 26.6 Å². The highest BCUT2D eigenvalue weighted by molar-refractivity contribution is 5.78. The van der Waals surface area contributed by atoms with E-state index >= 15 is 0 Å². The summed E-state index contributed by atoms with van der Waals surface area (Å²) in [7, 11) is 1.73. The molecule has 1 aromatic carbocycles. The molecule has 0 aliphatic rings. The van der Waals surface area contributed by atoms with Crippen LogP contribution in [-0.4, -0.2) is 52.5 Å². The molecule has 0 unspecified atom stereocenters. The minimum absolute atomic E-state index is 0.0184. The maximum Gasteiger partial charge on any atom is 0.416 e. The van der Waals surface area contributed by atoms with Gasteiger partial charge in [0.1, 0.15) is 0 Å². The number of benzene rings is 1. The predicted molar refractivity (Wildman–Crippen MR) is 89.0 cm³/mol. The minimum atomic E-state index is -4.44. The Bertz CT molecular complexity index is 742. The molecular formula is C17H21F3N4O2. The van der Waals surface area contributed by atoms with Crippen LogP contribution in [0.5, 0.6) is 0 Å². The Balaban J connectivity index is 2.05. The number of hydrogen-bond donors (Lipinski definition) is 0. The summed E-state index contributed by atoms with van der Waals surface area (Å²) >= 11 is 0. The van der Waals surface area contributed by atoms with Crippen molar-refractivity contribution in [1.29, 1.82) is 0 Å². The molecule has 1 aromatic heterocycles. The highest BCUT2D eigenvalue weighted by atomic mass is 19.4. The van der Waals surface area contributed by atoms with E-state index in [1.165, 1.54) is 12.1 Å². The SMILES string of the molecule is CCN(CC)C(=O)CN(C)Cc1nc(-c2cccc(C(F)(F)F)c2)no1. The second-order valence-electron chi connectivity index (χ2n) is 5.83. The molecule has 0 fully saturated rings. The van der Waals surface area contributed by atoms with Crippen molar-refractivity contribution in [3.05, 3.63) is 35.7 Å². The lowest BCUT2D eigenvalue weighted by atomic mass is 10.1. The highest BCUT2D eigenvalue weighted by Crippen LogP contribution is 2.31. The Kier molecular flexibility index (Phi) is 6.36. The molecule has 0 aliphatic carbocycles. The summed E-state index contributed by atoms with van der Waals surface area (Å²) in [6.07, 6.45) is -4.44. The number of carbonyl (C=O) groups excluding carboxylic acids is 1. The van der Waals surface area contributed by atoms with Gasteiger partial charge in [0, 0.05) is 18.7 Å². The molecule has 0 aliphatic heterocycles. The number of amides is 1. The van der Waals surface area contributed by atoms with Gasteiger partial charge in [-0.15, -0.1) is 0 Å². The first kappa shape index (κ1) is 19.9. The van der Waals surface area contributed by atoms with Gasteiger partial charge in [0.05, 0.1) is 18.7 Å². The number of hydrogen-bond acceptors (Lipinski definition) is 5. The second-order valence-corrected chi connectivity index (χ2v) is 5.83. The lowest BCUT2D eigenvalue weighted by Crippen LogP contribution is -2.38. The molecule has 6 nitrogen and oxygen atoms in total. The summed E-state index contributed by atoms with van der Waals surface area (Å²) in [6.45, 7) is 5.47. The van der Waals surface area contributed by atoms with E-state index in [9.17, 15) is 18.0 Å². The van der Waals surface area contributed by atoms with Crippen LogP contribution in [0.25, 0.3) is 11.4 Å². The Morgan fingerprint density at radius 2 is 1.92 bits per heavy atom. The van der Waals surface area contributed by atoms with Gasteiger partial charge in [0.25, 0.3) is 0 Å². The van der Waals surface area contributed by atoms with E-state index in [0.717, 1.165) is 12.1 Å². The van der Waals surface area contributed by atoms with Gasteiger partial charge in [-0.05, 0) is 33.0 Å². The molecule has 1 amide bonds. The van der Waals surface area contributed by atoms with Crippen LogP contribution in [0.2, 0.25) is 0 Å². The number of likely N-dealkylation sites (N-methyl/N-ethyl adjacent to an activating group) is 2. The molecule has 2 rings (SSSR count). The maximum absolute atomic E-state index is 12.8. The Morgan fingerprint density at radius 3 is 2.54 bits per heavy atom. The Hall–Kier alpha value is -2.42. The zero-order chi connectivity index (χ0) is 19.3. The lowest BCUT2D eigenvalue weighted by Gasteiger charge is -2.22. The number of nitrogens with zero attached hydrogens (tertiary/aromatic N) is 4. The summed E-state index contributed by atoms with van der Waals surface area (Å²) in [5.74, 6) is 0.289. The van der Waals surface area contributed by atoms with Crippen LogP contribution in [0.1, 0.15) is 25.3 Å². The van der Waals surface area contributed by atoms with E-state index in [4.69, 9.17) is 4.52 Å². The van der Waals surface area contributed by atoms with Gasteiger partial charge in [-0.2, -0.15) is 18.2 Å². The van der Waals surface area contributed by atoms with Crippen LogP contribution in [0.3, 0.4) is 0 Å². The van der Waals surface area contributed by atoms with Gasteiger partial charge in [-0.1, -0.05) is 17.3 Å². The largest absolute Gasteiger partial charge is 0.416 e. The number of rotatable bonds is 7. The summed E-state index contributed by atoms with van der Waals surface area (Å²) in [6, 6.07) is 4.74. The van der Waals surface area contributed by atoms with E-state index in [2.05, 4.69) is 10.1 Å². The van der Waals surface area contributed by atoms with Crippen LogP contribution in [0.15, 0.2) is 28.8 Å². The van der Waals surface area contributed by atoms with Crippen molar-refractivity contribution < 1.29 is 22.5 Å². The van der Waals surface area contributed by atoms with Crippen molar-refractivity contribution in [2.75, 3.05) is 26.7 Å². The van der Waals surface area contributed by atoms with Gasteiger partial charge in [-0.3, -0.25) is 9.69 Å². The third-order valence-electron chi connectivity index (χ3n) is 3.84. The molecule has 142 valence electrons. The average Bonchev–Trinajstić information content (AvgIpc) is 3.03. The van der Waals surface area contributed by atoms with E-state index in [1.54, 1.807) is 16.8 Å². The fourth-order valence-corrected chi connectivity index (χ4v) is 2.46. The molecule has 2 aromatic rings. The van der Waals surface area contributed by atoms with Crippen LogP contribution in [-0.2, 0) is 17.5 Å². The summed E-state index contributed by atoms with van der Waals surface area (Å²) in [5.41, 5.74) is -0.556. The third kappa shape index (κ3) is 5.04. The first-order valence-electron chi connectivity index (χ1n) is 8.21. The number of halogens is 3. The average molecular weight is 370 g/mol. The minimum Gasteiger partial charge on any atom is -0.342 e. The van der Waals surface area contributed by atoms with Crippen molar-refractivity contribution in [3.63, 3.8) is 0 Å². The molecule has 0 atom stereocenters. The molecule has 0 bridgehead atoms. The third-order valence-corrected chi connectivity index (χ3v) is 3.84. The molecule has 1 heterocycles. The van der Waals surface area contributed by atoms with Crippen LogP contribution < -0.4 is 0 Å². The van der Waals surface area contributed by atoms with E-state index in [1.807, 2.05) is 13.8 Å². The number of alkyl halides is 3. The fraction of sp³-hybridized carbons (Fsp3) is 0.471. The Morgan fingerprint density at radius 1 is 1.23 bits per heavy atom. The predicted octanol–water partition coefficient (Wildman–Crippen LogP) is 3.06. The molecule has 9 heteroatoms. The van der Waals surface area contributed by atoms with Gasteiger partial charge >= 0.3 is 6.18 Å². The molecule has 0 spiro atoms. The van der Waals surface area contributed by atoms with Gasteiger partial charge < -0.3 is 9.42 Å². The first-order chi connectivity index (χ1) is 12.2. The second kappa shape index (κ2) is 8.31. The topological polar surface area (TPSA) is 62.5 Å². The van der Waals surface area contributed by atoms with Gasteiger partial charge in [-0.25, -0.2) is 0 Å². The van der Waals surface area contributed by atoms with E-state index in [-0.39, 0.29) is 36.3 Å². The van der Waals surface area contributed by atoms with Crippen molar-refractivity contribution in [3.8, 4) is 11.4 Å². The first-order valence-corrected chi connectivity index (χ1v) is 8.21. The normalized spacial score (nSPS) is 11.8. The fourth-order valence-electron chi connectivity index (χ4n) is 2.46.